The number of anilines is 1. The first-order chi connectivity index (χ1) is 14.3. The molecule has 8 heteroatoms. The van der Waals surface area contributed by atoms with E-state index >= 15 is 0 Å². The molecule has 0 unspecified atom stereocenters. The molecule has 0 aliphatic rings. The molecule has 1 N–H and O–H groups in total. The molecule has 3 rings (SSSR count). The molecule has 7 nitrogen and oxygen atoms in total. The fraction of sp³-hybridized carbons (Fsp3) is 0.136. The van der Waals surface area contributed by atoms with Gasteiger partial charge in [0.05, 0.1) is 4.90 Å². The van der Waals surface area contributed by atoms with Crippen molar-refractivity contribution in [1.82, 2.24) is 4.90 Å². The van der Waals surface area contributed by atoms with Gasteiger partial charge in [0.2, 0.25) is 0 Å². The van der Waals surface area contributed by atoms with Crippen molar-refractivity contribution >= 4 is 21.6 Å². The molecule has 0 saturated heterocycles. The van der Waals surface area contributed by atoms with Crippen molar-refractivity contribution in [2.75, 3.05) is 25.4 Å². The number of hydrogen-bond donors (Lipinski definition) is 1. The molecule has 0 aliphatic heterocycles. The van der Waals surface area contributed by atoms with Gasteiger partial charge in [-0.1, -0.05) is 18.2 Å². The van der Waals surface area contributed by atoms with Crippen LogP contribution in [-0.2, 0) is 14.8 Å². The number of ether oxygens (including phenoxy) is 2. The Hall–Kier alpha value is -3.52. The van der Waals surface area contributed by atoms with Gasteiger partial charge in [0.25, 0.3) is 15.9 Å². The largest absolute Gasteiger partial charge is 0.484 e. The Kier molecular flexibility index (Phi) is 6.58. The van der Waals surface area contributed by atoms with Crippen LogP contribution in [0.1, 0.15) is 0 Å². The molecular formula is C22H22N2O5S. The van der Waals surface area contributed by atoms with Gasteiger partial charge < -0.3 is 14.4 Å². The first kappa shape index (κ1) is 21.2. The number of nitrogens with one attached hydrogen (secondary N) is 1. The average Bonchev–Trinajstić information content (AvgIpc) is 2.74. The van der Waals surface area contributed by atoms with Gasteiger partial charge in [0.15, 0.2) is 6.61 Å². The van der Waals surface area contributed by atoms with Gasteiger partial charge >= 0.3 is 0 Å². The van der Waals surface area contributed by atoms with E-state index in [9.17, 15) is 13.2 Å². The molecule has 1 amide bonds. The number of nitrogens with zero attached hydrogens (tertiary/aromatic N) is 1. The van der Waals surface area contributed by atoms with Crippen molar-refractivity contribution in [3.05, 3.63) is 78.9 Å². The minimum absolute atomic E-state index is 0.0819. The van der Waals surface area contributed by atoms with Gasteiger partial charge in [0, 0.05) is 19.8 Å². The highest BCUT2D eigenvalue weighted by Crippen LogP contribution is 2.24. The number of carbonyl (C=O) groups excluding carboxylic acids is 1. The molecule has 0 atom stereocenters. The highest BCUT2D eigenvalue weighted by molar-refractivity contribution is 7.92. The van der Waals surface area contributed by atoms with E-state index in [1.165, 1.54) is 29.2 Å². The van der Waals surface area contributed by atoms with E-state index in [2.05, 4.69) is 4.72 Å². The van der Waals surface area contributed by atoms with Crippen LogP contribution in [0.3, 0.4) is 0 Å². The van der Waals surface area contributed by atoms with Crippen LogP contribution in [0.5, 0.6) is 17.2 Å². The number of hydrogen-bond acceptors (Lipinski definition) is 5. The third kappa shape index (κ3) is 5.74. The van der Waals surface area contributed by atoms with E-state index in [0.717, 1.165) is 0 Å². The Labute approximate surface area is 175 Å². The smallest absolute Gasteiger partial charge is 0.261 e. The summed E-state index contributed by atoms with van der Waals surface area (Å²) in [6, 6.07) is 21.8. The predicted octanol–water partition coefficient (Wildman–Crippen LogP) is 3.75. The first-order valence-electron chi connectivity index (χ1n) is 9.12. The van der Waals surface area contributed by atoms with Crippen molar-refractivity contribution in [3.63, 3.8) is 0 Å². The predicted molar refractivity (Wildman–Crippen MR) is 114 cm³/mol. The molecule has 0 heterocycles. The Morgan fingerprint density at radius 3 is 2.00 bits per heavy atom. The number of amides is 1. The Bertz CT molecular complexity index is 1080. The van der Waals surface area contributed by atoms with Crippen LogP contribution in [0.25, 0.3) is 0 Å². The molecule has 3 aromatic carbocycles. The van der Waals surface area contributed by atoms with Crippen LogP contribution in [0.2, 0.25) is 0 Å². The standard InChI is InChI=1S/C22H22N2O5S/c1-24(2)22(25)16-28-18-12-14-21(15-13-18)30(26,27)23-17-8-10-20(11-9-17)29-19-6-4-3-5-7-19/h3-15,23H,16H2,1-2H3. The van der Waals surface area contributed by atoms with Crippen molar-refractivity contribution in [2.24, 2.45) is 0 Å². The van der Waals surface area contributed by atoms with E-state index in [-0.39, 0.29) is 17.4 Å². The zero-order valence-electron chi connectivity index (χ0n) is 16.6. The van der Waals surface area contributed by atoms with E-state index in [4.69, 9.17) is 9.47 Å². The van der Waals surface area contributed by atoms with Crippen LogP contribution in [0.4, 0.5) is 5.69 Å². The molecule has 0 saturated carbocycles. The molecule has 0 aromatic heterocycles. The van der Waals surface area contributed by atoms with Crippen molar-refractivity contribution in [2.45, 2.75) is 4.90 Å². The molecule has 156 valence electrons. The van der Waals surface area contributed by atoms with Crippen LogP contribution in [0, 0.1) is 0 Å². The summed E-state index contributed by atoms with van der Waals surface area (Å²) >= 11 is 0. The molecule has 0 bridgehead atoms. The maximum absolute atomic E-state index is 12.6. The number of likely N-dealkylation sites (N-methyl/N-ethyl adjacent to an activating group) is 1. The average molecular weight is 426 g/mol. The second-order valence-corrected chi connectivity index (χ2v) is 8.28. The van der Waals surface area contributed by atoms with Gasteiger partial charge in [0.1, 0.15) is 17.2 Å². The number of para-hydroxylation sites is 1. The fourth-order valence-electron chi connectivity index (χ4n) is 2.42. The van der Waals surface area contributed by atoms with Gasteiger partial charge in [-0.15, -0.1) is 0 Å². The monoisotopic (exact) mass is 426 g/mol. The number of carbonyl (C=O) groups is 1. The number of benzene rings is 3. The summed E-state index contributed by atoms with van der Waals surface area (Å²) in [5.74, 6) is 1.51. The van der Waals surface area contributed by atoms with E-state index in [1.54, 1.807) is 38.4 Å². The van der Waals surface area contributed by atoms with Crippen LogP contribution in [0.15, 0.2) is 83.8 Å². The lowest BCUT2D eigenvalue weighted by atomic mass is 10.3. The van der Waals surface area contributed by atoms with Crippen LogP contribution >= 0.6 is 0 Å². The Balaban J connectivity index is 1.62. The summed E-state index contributed by atoms with van der Waals surface area (Å²) in [5.41, 5.74) is 0.410. The maximum atomic E-state index is 12.6. The highest BCUT2D eigenvalue weighted by Gasteiger charge is 2.15. The molecule has 0 fully saturated rings. The topological polar surface area (TPSA) is 84.9 Å². The zero-order valence-corrected chi connectivity index (χ0v) is 17.4. The van der Waals surface area contributed by atoms with E-state index < -0.39 is 10.0 Å². The zero-order chi connectivity index (χ0) is 21.6. The summed E-state index contributed by atoms with van der Waals surface area (Å²) in [6.07, 6.45) is 0. The van der Waals surface area contributed by atoms with Gasteiger partial charge in [-0.25, -0.2) is 8.42 Å². The summed E-state index contributed by atoms with van der Waals surface area (Å²) in [7, 11) is -0.503. The lowest BCUT2D eigenvalue weighted by Crippen LogP contribution is -2.27. The quantitative estimate of drug-likeness (QED) is 0.593. The van der Waals surface area contributed by atoms with Crippen molar-refractivity contribution in [1.29, 1.82) is 0 Å². The van der Waals surface area contributed by atoms with Crippen molar-refractivity contribution < 1.29 is 22.7 Å². The lowest BCUT2D eigenvalue weighted by Gasteiger charge is -2.12. The van der Waals surface area contributed by atoms with Gasteiger partial charge in [-0.05, 0) is 60.7 Å². The van der Waals surface area contributed by atoms with Crippen LogP contribution in [-0.4, -0.2) is 39.9 Å². The maximum Gasteiger partial charge on any atom is 0.261 e. The third-order valence-corrected chi connectivity index (χ3v) is 5.48. The molecular weight excluding hydrogens is 404 g/mol. The van der Waals surface area contributed by atoms with E-state index in [0.29, 0.717) is 22.9 Å². The molecule has 0 radical (unpaired) electrons. The number of rotatable bonds is 8. The normalized spacial score (nSPS) is 10.9. The van der Waals surface area contributed by atoms with Gasteiger partial charge in [-0.3, -0.25) is 9.52 Å². The fourth-order valence-corrected chi connectivity index (χ4v) is 3.48. The van der Waals surface area contributed by atoms with E-state index in [1.807, 2.05) is 30.3 Å². The summed E-state index contributed by atoms with van der Waals surface area (Å²) in [5, 5.41) is 0. The molecule has 30 heavy (non-hydrogen) atoms. The van der Waals surface area contributed by atoms with Gasteiger partial charge in [-0.2, -0.15) is 0 Å². The minimum Gasteiger partial charge on any atom is -0.484 e. The molecule has 0 spiro atoms. The second kappa shape index (κ2) is 9.32. The first-order valence-corrected chi connectivity index (χ1v) is 10.6. The summed E-state index contributed by atoms with van der Waals surface area (Å²) in [6.45, 7) is -0.116. The molecule has 0 aliphatic carbocycles. The molecule has 3 aromatic rings. The SMILES string of the molecule is CN(C)C(=O)COc1ccc(S(=O)(=O)Nc2ccc(Oc3ccccc3)cc2)cc1. The third-order valence-electron chi connectivity index (χ3n) is 4.08. The van der Waals surface area contributed by atoms with Crippen molar-refractivity contribution in [3.8, 4) is 17.2 Å². The second-order valence-electron chi connectivity index (χ2n) is 6.59. The number of sulfonamides is 1. The highest BCUT2D eigenvalue weighted by atomic mass is 32.2. The Morgan fingerprint density at radius 2 is 1.40 bits per heavy atom. The van der Waals surface area contributed by atoms with Crippen LogP contribution < -0.4 is 14.2 Å². The lowest BCUT2D eigenvalue weighted by molar-refractivity contribution is -0.130. The Morgan fingerprint density at radius 1 is 0.833 bits per heavy atom. The summed E-state index contributed by atoms with van der Waals surface area (Å²) < 4.78 is 38.8. The minimum atomic E-state index is -3.77. The summed E-state index contributed by atoms with van der Waals surface area (Å²) in [4.78, 5) is 13.1.